The summed E-state index contributed by atoms with van der Waals surface area (Å²) in [7, 11) is 0. The Hall–Kier alpha value is -4.46. The number of thioether (sulfide) groups is 1. The van der Waals surface area contributed by atoms with E-state index in [1.807, 2.05) is 72.8 Å². The number of amides is 1. The van der Waals surface area contributed by atoms with Crippen molar-refractivity contribution in [1.82, 2.24) is 10.2 Å². The third-order valence-corrected chi connectivity index (χ3v) is 9.07. The number of nitriles is 1. The van der Waals surface area contributed by atoms with Gasteiger partial charge < -0.3 is 11.1 Å². The maximum absolute atomic E-state index is 13.2. The summed E-state index contributed by atoms with van der Waals surface area (Å²) >= 11 is 2.55. The highest BCUT2D eigenvalue weighted by atomic mass is 32.2. The minimum Gasteiger partial charge on any atom is -0.384 e. The van der Waals surface area contributed by atoms with Crippen LogP contribution in [0.25, 0.3) is 10.8 Å². The van der Waals surface area contributed by atoms with Crippen molar-refractivity contribution in [2.45, 2.75) is 29.5 Å². The van der Waals surface area contributed by atoms with E-state index in [0.29, 0.717) is 39.9 Å². The average molecular weight is 565 g/mol. The Labute approximate surface area is 239 Å². The second-order valence-electron chi connectivity index (χ2n) is 9.44. The normalized spacial score (nSPS) is 17.1. The van der Waals surface area contributed by atoms with E-state index in [4.69, 9.17) is 5.73 Å². The molecule has 1 atom stereocenters. The number of carbonyl (C=O) groups excluding carboxylic acids is 2. The summed E-state index contributed by atoms with van der Waals surface area (Å²) in [5.41, 5.74) is 9.91. The van der Waals surface area contributed by atoms with Crippen molar-refractivity contribution in [1.29, 1.82) is 5.26 Å². The number of hydrogen-bond donors (Lipinski definition) is 2. The molecule has 1 aliphatic heterocycles. The van der Waals surface area contributed by atoms with Crippen molar-refractivity contribution >= 4 is 56.4 Å². The van der Waals surface area contributed by atoms with Gasteiger partial charge in [-0.15, -0.1) is 10.2 Å². The van der Waals surface area contributed by atoms with Crippen molar-refractivity contribution in [3.05, 3.63) is 101 Å². The van der Waals surface area contributed by atoms with Crippen LogP contribution in [-0.2, 0) is 9.59 Å². The van der Waals surface area contributed by atoms with Gasteiger partial charge in [-0.05, 0) is 29.9 Å². The number of nitrogens with one attached hydrogen (secondary N) is 1. The fourth-order valence-corrected chi connectivity index (χ4v) is 6.96. The van der Waals surface area contributed by atoms with Crippen molar-refractivity contribution in [2.75, 3.05) is 16.0 Å². The Morgan fingerprint density at radius 3 is 2.67 bits per heavy atom. The summed E-state index contributed by atoms with van der Waals surface area (Å²) in [5.74, 6) is -0.244. The Morgan fingerprint density at radius 2 is 1.85 bits per heavy atom. The number of anilines is 2. The number of hydrogen-bond acceptors (Lipinski definition) is 9. The summed E-state index contributed by atoms with van der Waals surface area (Å²) in [4.78, 5) is 27.7. The number of benzene rings is 3. The quantitative estimate of drug-likeness (QED) is 0.285. The molecule has 3 aromatic carbocycles. The molecule has 3 N–H and O–H groups in total. The first-order valence-electron chi connectivity index (χ1n) is 12.8. The van der Waals surface area contributed by atoms with Gasteiger partial charge in [-0.1, -0.05) is 89.8 Å². The molecule has 0 saturated heterocycles. The van der Waals surface area contributed by atoms with Crippen molar-refractivity contribution in [3.8, 4) is 6.07 Å². The van der Waals surface area contributed by atoms with Gasteiger partial charge in [0.25, 0.3) is 0 Å². The zero-order valence-electron chi connectivity index (χ0n) is 21.3. The molecule has 4 aromatic rings. The highest BCUT2D eigenvalue weighted by Crippen LogP contribution is 2.47. The van der Waals surface area contributed by atoms with E-state index in [1.54, 1.807) is 4.90 Å². The number of rotatable bonds is 6. The van der Waals surface area contributed by atoms with Crippen LogP contribution in [0.2, 0.25) is 0 Å². The molecule has 1 aromatic heterocycles. The molecular weight excluding hydrogens is 541 g/mol. The van der Waals surface area contributed by atoms with E-state index in [0.717, 1.165) is 27.7 Å². The molecule has 6 rings (SSSR count). The monoisotopic (exact) mass is 564 g/mol. The number of Topliss-reactive ketones (excluding diaryl/α,β-unsaturated/α-hetero) is 1. The fourth-order valence-electron chi connectivity index (χ4n) is 5.28. The lowest BCUT2D eigenvalue weighted by Crippen LogP contribution is -2.38. The summed E-state index contributed by atoms with van der Waals surface area (Å²) in [5, 5.41) is 24.3. The third kappa shape index (κ3) is 4.74. The molecule has 10 heteroatoms. The summed E-state index contributed by atoms with van der Waals surface area (Å²) in [6.45, 7) is 0. The maximum atomic E-state index is 13.2. The largest absolute Gasteiger partial charge is 0.384 e. The van der Waals surface area contributed by atoms with Gasteiger partial charge in [-0.2, -0.15) is 5.26 Å². The molecule has 2 heterocycles. The lowest BCUT2D eigenvalue weighted by atomic mass is 9.76. The minimum absolute atomic E-state index is 0.0181. The molecule has 8 nitrogen and oxygen atoms in total. The third-order valence-electron chi connectivity index (χ3n) is 7.02. The number of nitrogens with zero attached hydrogens (tertiary/aromatic N) is 4. The van der Waals surface area contributed by atoms with Crippen LogP contribution in [0.1, 0.15) is 30.7 Å². The van der Waals surface area contributed by atoms with E-state index >= 15 is 0 Å². The summed E-state index contributed by atoms with van der Waals surface area (Å²) in [6.07, 6.45) is 1.76. The van der Waals surface area contributed by atoms with E-state index in [1.165, 1.54) is 23.1 Å². The molecule has 1 amide bonds. The molecular formula is C30H24N6O2S2. The van der Waals surface area contributed by atoms with Gasteiger partial charge in [0.1, 0.15) is 5.82 Å². The standard InChI is InChI=1S/C30H24N6O2S2/c31-16-21-26(19-9-2-1-3-10-19)27-23(14-7-15-24(27)37)36(28(21)32)29-34-35-30(40-29)39-17-25(38)33-22-13-6-11-18-8-4-5-12-20(18)22/h1-6,8-13,26H,7,14-15,17,32H2,(H,33,38). The zero-order valence-corrected chi connectivity index (χ0v) is 23.0. The molecule has 0 saturated carbocycles. The van der Waals surface area contributed by atoms with Gasteiger partial charge >= 0.3 is 0 Å². The van der Waals surface area contributed by atoms with Crippen LogP contribution in [-0.4, -0.2) is 27.6 Å². The van der Waals surface area contributed by atoms with E-state index in [-0.39, 0.29) is 23.3 Å². The molecule has 40 heavy (non-hydrogen) atoms. The SMILES string of the molecule is N#CC1=C(N)N(c2nnc(SCC(=O)Nc3cccc4ccccc34)s2)C2=C(C(=O)CCC2)C1c1ccccc1. The Balaban J connectivity index is 1.25. The van der Waals surface area contributed by atoms with E-state index in [9.17, 15) is 14.9 Å². The van der Waals surface area contributed by atoms with Gasteiger partial charge in [-0.3, -0.25) is 14.5 Å². The van der Waals surface area contributed by atoms with Crippen LogP contribution in [0.3, 0.4) is 0 Å². The molecule has 198 valence electrons. The molecule has 0 fully saturated rings. The first kappa shape index (κ1) is 25.8. The highest BCUT2D eigenvalue weighted by molar-refractivity contribution is 8.01. The second kappa shape index (κ2) is 11.0. The molecule has 1 unspecified atom stereocenters. The number of fused-ring (bicyclic) bond motifs is 1. The minimum atomic E-state index is -0.509. The molecule has 0 bridgehead atoms. The van der Waals surface area contributed by atoms with E-state index < -0.39 is 5.92 Å². The van der Waals surface area contributed by atoms with Crippen molar-refractivity contribution in [3.63, 3.8) is 0 Å². The average Bonchev–Trinajstić information content (AvgIpc) is 3.45. The number of aromatic nitrogens is 2. The molecule has 1 aliphatic carbocycles. The number of allylic oxidation sites excluding steroid dienone is 3. The van der Waals surface area contributed by atoms with Crippen LogP contribution in [0, 0.1) is 11.3 Å². The van der Waals surface area contributed by atoms with Gasteiger partial charge in [0, 0.05) is 28.8 Å². The smallest absolute Gasteiger partial charge is 0.234 e. The number of nitrogens with two attached hydrogens (primary N) is 1. The molecule has 0 radical (unpaired) electrons. The predicted octanol–water partition coefficient (Wildman–Crippen LogP) is 5.73. The van der Waals surface area contributed by atoms with Gasteiger partial charge in [-0.25, -0.2) is 0 Å². The van der Waals surface area contributed by atoms with Crippen molar-refractivity contribution < 1.29 is 9.59 Å². The van der Waals surface area contributed by atoms with Crippen LogP contribution in [0.5, 0.6) is 0 Å². The Morgan fingerprint density at radius 1 is 1.07 bits per heavy atom. The highest BCUT2D eigenvalue weighted by Gasteiger charge is 2.41. The van der Waals surface area contributed by atoms with Crippen LogP contribution >= 0.6 is 23.1 Å². The Kier molecular flexibility index (Phi) is 7.07. The number of ketones is 1. The summed E-state index contributed by atoms with van der Waals surface area (Å²) < 4.78 is 0.587. The van der Waals surface area contributed by atoms with Crippen LogP contribution in [0.4, 0.5) is 10.8 Å². The topological polar surface area (TPSA) is 125 Å². The maximum Gasteiger partial charge on any atom is 0.234 e. The zero-order chi connectivity index (χ0) is 27.6. The summed E-state index contributed by atoms with van der Waals surface area (Å²) in [6, 6.07) is 25.5. The molecule has 0 spiro atoms. The number of carbonyl (C=O) groups is 2. The fraction of sp³-hybridized carbons (Fsp3) is 0.167. The molecule has 2 aliphatic rings. The van der Waals surface area contributed by atoms with Crippen molar-refractivity contribution in [2.24, 2.45) is 5.73 Å². The first-order chi connectivity index (χ1) is 19.5. The van der Waals surface area contributed by atoms with Gasteiger partial charge in [0.2, 0.25) is 11.0 Å². The van der Waals surface area contributed by atoms with E-state index in [2.05, 4.69) is 21.6 Å². The van der Waals surface area contributed by atoms with Crippen LogP contribution in [0.15, 0.2) is 99.8 Å². The lowest BCUT2D eigenvalue weighted by Gasteiger charge is -2.38. The second-order valence-corrected chi connectivity index (χ2v) is 11.6. The van der Waals surface area contributed by atoms with Gasteiger partial charge in [0.15, 0.2) is 10.1 Å². The first-order valence-corrected chi connectivity index (χ1v) is 14.6. The predicted molar refractivity (Wildman–Crippen MR) is 158 cm³/mol. The van der Waals surface area contributed by atoms with Gasteiger partial charge in [0.05, 0.1) is 23.3 Å². The lowest BCUT2D eigenvalue weighted by molar-refractivity contribution is -0.116. The Bertz CT molecular complexity index is 1730. The van der Waals surface area contributed by atoms with Crippen LogP contribution < -0.4 is 16.0 Å².